The first-order valence-corrected chi connectivity index (χ1v) is 11.2. The summed E-state index contributed by atoms with van der Waals surface area (Å²) in [5.41, 5.74) is 1.05. The van der Waals surface area contributed by atoms with Crippen molar-refractivity contribution >= 4 is 40.3 Å². The Morgan fingerprint density at radius 1 is 1.24 bits per heavy atom. The summed E-state index contributed by atoms with van der Waals surface area (Å²) in [5, 5.41) is 5.93. The summed E-state index contributed by atoms with van der Waals surface area (Å²) >= 11 is 1.38. The number of carbonyl (C=O) groups excluding carboxylic acids is 3. The fourth-order valence-corrected chi connectivity index (χ4v) is 4.45. The summed E-state index contributed by atoms with van der Waals surface area (Å²) in [6, 6.07) is 6.84. The summed E-state index contributed by atoms with van der Waals surface area (Å²) in [6.07, 6.45) is 5.44. The predicted molar refractivity (Wildman–Crippen MR) is 116 cm³/mol. The summed E-state index contributed by atoms with van der Waals surface area (Å²) in [6.45, 7) is 4.54. The first kappa shape index (κ1) is 21.4. The lowest BCUT2D eigenvalue weighted by Gasteiger charge is -2.27. The van der Waals surface area contributed by atoms with E-state index in [2.05, 4.69) is 27.4 Å². The van der Waals surface area contributed by atoms with E-state index >= 15 is 0 Å². The third-order valence-electron chi connectivity index (χ3n) is 4.95. The highest BCUT2D eigenvalue weighted by Gasteiger charge is 2.33. The van der Waals surface area contributed by atoms with Crippen molar-refractivity contribution in [1.82, 2.24) is 10.2 Å². The van der Waals surface area contributed by atoms with Crippen LogP contribution in [-0.4, -0.2) is 52.7 Å². The van der Waals surface area contributed by atoms with E-state index in [9.17, 15) is 14.4 Å². The van der Waals surface area contributed by atoms with Crippen LogP contribution in [0.5, 0.6) is 0 Å². The Hall–Kier alpha value is -2.35. The Morgan fingerprint density at radius 2 is 2.03 bits per heavy atom. The van der Waals surface area contributed by atoms with E-state index in [0.717, 1.165) is 43.9 Å². The van der Waals surface area contributed by atoms with Crippen LogP contribution in [0.4, 0.5) is 5.69 Å². The number of amides is 3. The van der Waals surface area contributed by atoms with Crippen molar-refractivity contribution in [2.45, 2.75) is 50.7 Å². The van der Waals surface area contributed by atoms with Gasteiger partial charge in [0.05, 0.1) is 0 Å². The molecule has 7 nitrogen and oxygen atoms in total. The molecule has 0 saturated carbocycles. The number of piperidine rings is 1. The van der Waals surface area contributed by atoms with Crippen LogP contribution in [0.15, 0.2) is 29.3 Å². The Morgan fingerprint density at radius 3 is 2.79 bits per heavy atom. The minimum Gasteiger partial charge on any atom is -0.352 e. The molecule has 0 aliphatic carbocycles. The van der Waals surface area contributed by atoms with Crippen molar-refractivity contribution in [2.24, 2.45) is 4.99 Å². The maximum Gasteiger partial charge on any atom is 0.262 e. The SMILES string of the molecule is CCCCNC(=O)c1cccc(NC(=O)CC2SC(N3CCCCC3)=NC2=O)c1. The number of unbranched alkanes of at least 4 members (excludes halogenated alkanes) is 1. The first-order chi connectivity index (χ1) is 14.1. The van der Waals surface area contributed by atoms with Gasteiger partial charge in [-0.05, 0) is 43.9 Å². The van der Waals surface area contributed by atoms with Crippen molar-refractivity contribution < 1.29 is 14.4 Å². The lowest BCUT2D eigenvalue weighted by molar-refractivity contribution is -0.121. The van der Waals surface area contributed by atoms with Gasteiger partial charge in [0.2, 0.25) is 5.91 Å². The molecule has 1 atom stereocenters. The zero-order valence-electron chi connectivity index (χ0n) is 16.8. The van der Waals surface area contributed by atoms with Gasteiger partial charge in [-0.25, -0.2) is 0 Å². The van der Waals surface area contributed by atoms with Crippen molar-refractivity contribution in [1.29, 1.82) is 0 Å². The van der Waals surface area contributed by atoms with Crippen LogP contribution in [0.25, 0.3) is 0 Å². The largest absolute Gasteiger partial charge is 0.352 e. The molecule has 0 bridgehead atoms. The highest BCUT2D eigenvalue weighted by molar-refractivity contribution is 8.15. The minimum absolute atomic E-state index is 0.0667. The molecule has 2 aliphatic heterocycles. The van der Waals surface area contributed by atoms with Crippen LogP contribution >= 0.6 is 11.8 Å². The van der Waals surface area contributed by atoms with Gasteiger partial charge in [-0.3, -0.25) is 14.4 Å². The molecule has 3 amide bonds. The standard InChI is InChI=1S/C21H28N4O3S/c1-2-3-10-22-19(27)15-8-7-9-16(13-15)23-18(26)14-17-20(28)24-21(29-17)25-11-5-4-6-12-25/h7-9,13,17H,2-6,10-12,14H2,1H3,(H,22,27)(H,23,26). The molecule has 2 N–H and O–H groups in total. The number of hydrogen-bond acceptors (Lipinski definition) is 5. The molecular weight excluding hydrogens is 388 g/mol. The number of rotatable bonds is 7. The van der Waals surface area contributed by atoms with Gasteiger partial charge in [-0.1, -0.05) is 31.2 Å². The van der Waals surface area contributed by atoms with Crippen molar-refractivity contribution in [2.75, 3.05) is 25.0 Å². The average molecular weight is 417 g/mol. The monoisotopic (exact) mass is 416 g/mol. The number of amidine groups is 1. The third-order valence-corrected chi connectivity index (χ3v) is 6.16. The number of nitrogens with zero attached hydrogens (tertiary/aromatic N) is 2. The van der Waals surface area contributed by atoms with Crippen LogP contribution in [0.3, 0.4) is 0 Å². The maximum absolute atomic E-state index is 12.4. The smallest absolute Gasteiger partial charge is 0.262 e. The fourth-order valence-electron chi connectivity index (χ4n) is 3.33. The highest BCUT2D eigenvalue weighted by atomic mass is 32.2. The van der Waals surface area contributed by atoms with Crippen LogP contribution in [0.2, 0.25) is 0 Å². The molecule has 1 saturated heterocycles. The van der Waals surface area contributed by atoms with Gasteiger partial charge in [0.15, 0.2) is 5.17 Å². The fraction of sp³-hybridized carbons (Fsp3) is 0.524. The number of likely N-dealkylation sites (tertiary alicyclic amines) is 1. The number of hydrogen-bond donors (Lipinski definition) is 2. The molecule has 1 fully saturated rings. The van der Waals surface area contributed by atoms with Crippen molar-refractivity contribution in [3.63, 3.8) is 0 Å². The summed E-state index contributed by atoms with van der Waals surface area (Å²) in [5.74, 6) is -0.653. The molecule has 0 aromatic heterocycles. The molecule has 1 unspecified atom stereocenters. The van der Waals surface area contributed by atoms with Crippen molar-refractivity contribution in [3.8, 4) is 0 Å². The van der Waals surface area contributed by atoms with Gasteiger partial charge in [0.1, 0.15) is 5.25 Å². The number of anilines is 1. The quantitative estimate of drug-likeness (QED) is 0.667. The zero-order chi connectivity index (χ0) is 20.6. The lowest BCUT2D eigenvalue weighted by Crippen LogP contribution is -2.33. The van der Waals surface area contributed by atoms with E-state index in [1.54, 1.807) is 24.3 Å². The van der Waals surface area contributed by atoms with Gasteiger partial charge in [0, 0.05) is 37.3 Å². The lowest BCUT2D eigenvalue weighted by atomic mass is 10.1. The molecule has 29 heavy (non-hydrogen) atoms. The first-order valence-electron chi connectivity index (χ1n) is 10.3. The summed E-state index contributed by atoms with van der Waals surface area (Å²) in [4.78, 5) is 43.1. The van der Waals surface area contributed by atoms with Gasteiger partial charge in [-0.2, -0.15) is 4.99 Å². The molecule has 3 rings (SSSR count). The second-order valence-corrected chi connectivity index (χ2v) is 8.50. The number of benzene rings is 1. The van der Waals surface area contributed by atoms with E-state index in [1.165, 1.54) is 18.2 Å². The Kier molecular flexibility index (Phi) is 7.69. The Balaban J connectivity index is 1.51. The second kappa shape index (κ2) is 10.4. The maximum atomic E-state index is 12.4. The van der Waals surface area contributed by atoms with E-state index in [1.807, 2.05) is 0 Å². The average Bonchev–Trinajstić information content (AvgIpc) is 3.09. The van der Waals surface area contributed by atoms with E-state index in [4.69, 9.17) is 0 Å². The number of thioether (sulfide) groups is 1. The second-order valence-electron chi connectivity index (χ2n) is 7.33. The summed E-state index contributed by atoms with van der Waals surface area (Å²) < 4.78 is 0. The number of carbonyl (C=O) groups is 3. The minimum atomic E-state index is -0.479. The van der Waals surface area contributed by atoms with E-state index in [-0.39, 0.29) is 24.1 Å². The van der Waals surface area contributed by atoms with Gasteiger partial charge >= 0.3 is 0 Å². The number of aliphatic imine (C=N–C) groups is 1. The molecule has 8 heteroatoms. The van der Waals surface area contributed by atoms with Crippen LogP contribution in [0, 0.1) is 0 Å². The molecular formula is C21H28N4O3S. The van der Waals surface area contributed by atoms with Gasteiger partial charge < -0.3 is 15.5 Å². The highest BCUT2D eigenvalue weighted by Crippen LogP contribution is 2.29. The van der Waals surface area contributed by atoms with Gasteiger partial charge in [-0.15, -0.1) is 0 Å². The zero-order valence-corrected chi connectivity index (χ0v) is 17.6. The van der Waals surface area contributed by atoms with Crippen LogP contribution < -0.4 is 10.6 Å². The Bertz CT molecular complexity index is 790. The van der Waals surface area contributed by atoms with E-state index < -0.39 is 5.25 Å². The van der Waals surface area contributed by atoms with Gasteiger partial charge in [0.25, 0.3) is 11.8 Å². The van der Waals surface area contributed by atoms with Crippen LogP contribution in [-0.2, 0) is 9.59 Å². The molecule has 0 radical (unpaired) electrons. The topological polar surface area (TPSA) is 90.9 Å². The summed E-state index contributed by atoms with van der Waals surface area (Å²) in [7, 11) is 0. The molecule has 2 aliphatic rings. The third kappa shape index (κ3) is 6.06. The predicted octanol–water partition coefficient (Wildman–Crippen LogP) is 3.03. The molecule has 156 valence electrons. The molecule has 1 aromatic rings. The molecule has 2 heterocycles. The van der Waals surface area contributed by atoms with E-state index in [0.29, 0.717) is 17.8 Å². The van der Waals surface area contributed by atoms with Crippen LogP contribution in [0.1, 0.15) is 55.8 Å². The Labute approximate surface area is 175 Å². The molecule has 1 aromatic carbocycles. The molecule has 0 spiro atoms. The number of nitrogens with one attached hydrogen (secondary N) is 2. The normalized spacial score (nSPS) is 19.1. The van der Waals surface area contributed by atoms with Crippen molar-refractivity contribution in [3.05, 3.63) is 29.8 Å².